The Morgan fingerprint density at radius 3 is 1.38 bits per heavy atom. The van der Waals surface area contributed by atoms with Crippen LogP contribution in [0.5, 0.6) is 0 Å². The molecule has 0 N–H and O–H groups in total. The minimum Gasteiger partial charge on any atom is -0.168 e. The maximum atomic E-state index is 2.35. The summed E-state index contributed by atoms with van der Waals surface area (Å²) in [6.45, 7) is 13.6. The molecule has 0 saturated carbocycles. The van der Waals surface area contributed by atoms with Crippen molar-refractivity contribution in [1.29, 1.82) is 0 Å². The summed E-state index contributed by atoms with van der Waals surface area (Å²) in [6.07, 6.45) is 0. The number of hydrogen-bond acceptors (Lipinski definition) is 0. The summed E-state index contributed by atoms with van der Waals surface area (Å²) in [5.41, 5.74) is 8.44. The van der Waals surface area contributed by atoms with Gasteiger partial charge in [0.25, 0.3) is 0 Å². The normalized spacial score (nSPS) is 11.1. The van der Waals surface area contributed by atoms with Crippen molar-refractivity contribution in [3.8, 4) is 11.1 Å². The van der Waals surface area contributed by atoms with Gasteiger partial charge in [0.2, 0.25) is 0 Å². The van der Waals surface area contributed by atoms with Crippen molar-refractivity contribution in [2.24, 2.45) is 0 Å². The van der Waals surface area contributed by atoms with E-state index in [1.807, 2.05) is 6.07 Å². The first-order valence-electron chi connectivity index (χ1n) is 17.5. The smallest absolute Gasteiger partial charge is 0.0200 e. The Hall–Kier alpha value is -3.87. The van der Waals surface area contributed by atoms with Crippen LogP contribution >= 0.6 is 0 Å². The van der Waals surface area contributed by atoms with E-state index in [0.29, 0.717) is 0 Å². The van der Waals surface area contributed by atoms with E-state index in [-0.39, 0.29) is 35.6 Å². The average molecular weight is 797 g/mol. The molecule has 0 saturated heterocycles. The maximum absolute atomic E-state index is 2.35. The number of benzene rings is 6. The Morgan fingerprint density at radius 2 is 0.923 bits per heavy atom. The zero-order chi connectivity index (χ0) is 35.3. The third kappa shape index (κ3) is 9.96. The predicted octanol–water partition coefficient (Wildman–Crippen LogP) is 7.34. The molecular formula is C49H46Cl2Zr-2. The Morgan fingerprint density at radius 1 is 0.462 bits per heavy atom. The quantitative estimate of drug-likeness (QED) is 0.164. The Kier molecular flexibility index (Phi) is 14.0. The van der Waals surface area contributed by atoms with Gasteiger partial charge in [-0.05, 0) is 22.0 Å². The van der Waals surface area contributed by atoms with Crippen LogP contribution in [-0.2, 0) is 35.1 Å². The summed E-state index contributed by atoms with van der Waals surface area (Å²) < 4.78 is 1.42. The molecule has 0 radical (unpaired) electrons. The molecule has 8 aromatic rings. The monoisotopic (exact) mass is 794 g/mol. The van der Waals surface area contributed by atoms with Crippen LogP contribution in [0.4, 0.5) is 0 Å². The zero-order valence-electron chi connectivity index (χ0n) is 30.9. The molecule has 0 aromatic heterocycles. The molecule has 8 aromatic carbocycles. The summed E-state index contributed by atoms with van der Waals surface area (Å²) >= 11 is 1.46. The minimum absolute atomic E-state index is 0. The van der Waals surface area contributed by atoms with Crippen LogP contribution in [-0.4, -0.2) is 3.21 Å². The fourth-order valence-corrected chi connectivity index (χ4v) is 7.09. The van der Waals surface area contributed by atoms with Crippen molar-refractivity contribution in [3.05, 3.63) is 192 Å². The van der Waals surface area contributed by atoms with E-state index in [4.69, 9.17) is 0 Å². The molecule has 262 valence electrons. The summed E-state index contributed by atoms with van der Waals surface area (Å²) in [7, 11) is 0. The van der Waals surface area contributed by atoms with Crippen molar-refractivity contribution >= 4 is 35.5 Å². The largest absolute Gasteiger partial charge is 0.168 e. The van der Waals surface area contributed by atoms with Gasteiger partial charge in [0.15, 0.2) is 0 Å². The molecule has 0 aliphatic rings. The minimum atomic E-state index is 0. The van der Waals surface area contributed by atoms with Gasteiger partial charge in [0.05, 0.1) is 0 Å². The number of fused-ring (bicyclic) bond motifs is 4. The number of rotatable bonds is 3. The van der Waals surface area contributed by atoms with Gasteiger partial charge < -0.3 is 24.8 Å². The van der Waals surface area contributed by atoms with Crippen LogP contribution in [0.3, 0.4) is 0 Å². The first-order chi connectivity index (χ1) is 24.0. The molecule has 0 spiro atoms. The Balaban J connectivity index is 0.000000176. The second-order valence-electron chi connectivity index (χ2n) is 15.1. The fourth-order valence-electron chi connectivity index (χ4n) is 6.27. The zero-order valence-corrected chi connectivity index (χ0v) is 34.9. The SMILES string of the molecule is CC(C)(C)c1ccc2c(c1)[cH-]c1cc(C(C)(C)C)ccc12.[Cl-].[Cl-].[Zr+2]=[C](c1ccccc1)c1ccccc1.c1ccc(-c2ccc3[cH-]ccc3c2)cc1. The second kappa shape index (κ2) is 17.8. The van der Waals surface area contributed by atoms with E-state index >= 15 is 0 Å². The van der Waals surface area contributed by atoms with Gasteiger partial charge in [0.1, 0.15) is 0 Å². The van der Waals surface area contributed by atoms with Gasteiger partial charge in [-0.15, -0.1) is 57.3 Å². The summed E-state index contributed by atoms with van der Waals surface area (Å²) in [6, 6.07) is 60.8. The predicted molar refractivity (Wildman–Crippen MR) is 216 cm³/mol. The van der Waals surface area contributed by atoms with Crippen LogP contribution in [0.25, 0.3) is 43.4 Å². The topological polar surface area (TPSA) is 0 Å². The van der Waals surface area contributed by atoms with Crippen molar-refractivity contribution in [3.63, 3.8) is 0 Å². The third-order valence-electron chi connectivity index (χ3n) is 9.31. The molecule has 3 heteroatoms. The molecule has 0 unspecified atom stereocenters. The van der Waals surface area contributed by atoms with E-state index in [2.05, 4.69) is 205 Å². The standard InChI is InChI=1S/C21H25.C15H11.C13H10.2ClH.Zr/c1-20(2,3)16-7-9-18-14(12-16)11-15-13-17(21(4,5)6)8-10-19(15)18;1-2-5-12(6-3-1)15-10-9-13-7-4-8-14(13)11-15;1-3-7-12(8-4-1)11-13-9-5-2-6-10-13;;;/h7-13H,1-6H3;1-11H;1-10H;2*1H;/q2*-1;;;;+2/p-2. The van der Waals surface area contributed by atoms with Crippen molar-refractivity contribution < 1.29 is 49.0 Å². The summed E-state index contributed by atoms with van der Waals surface area (Å²) in [4.78, 5) is 0. The fraction of sp³-hybridized carbons (Fsp3) is 0.163. The van der Waals surface area contributed by atoms with Gasteiger partial charge in [-0.1, -0.05) is 119 Å². The molecule has 0 atom stereocenters. The Labute approximate surface area is 337 Å². The first-order valence-corrected chi connectivity index (χ1v) is 18.7. The maximum Gasteiger partial charge on any atom is -0.0200 e. The summed E-state index contributed by atoms with van der Waals surface area (Å²) in [5.74, 6) is 0. The molecular weight excluding hydrogens is 751 g/mol. The third-order valence-corrected chi connectivity index (χ3v) is 10.7. The van der Waals surface area contributed by atoms with Crippen molar-refractivity contribution in [2.45, 2.75) is 52.4 Å². The molecule has 0 amide bonds. The molecule has 0 aliphatic heterocycles. The van der Waals surface area contributed by atoms with Gasteiger partial charge >= 0.3 is 99.2 Å². The molecule has 0 aliphatic carbocycles. The number of halogens is 2. The van der Waals surface area contributed by atoms with Crippen LogP contribution < -0.4 is 24.8 Å². The van der Waals surface area contributed by atoms with Crippen LogP contribution in [0.1, 0.15) is 63.8 Å². The van der Waals surface area contributed by atoms with Crippen molar-refractivity contribution in [2.75, 3.05) is 0 Å². The van der Waals surface area contributed by atoms with E-state index in [0.717, 1.165) is 0 Å². The average Bonchev–Trinajstić information content (AvgIpc) is 3.76. The molecule has 8 rings (SSSR count). The second-order valence-corrected chi connectivity index (χ2v) is 16.3. The van der Waals surface area contributed by atoms with E-state index in [1.165, 1.54) is 93.1 Å². The molecule has 0 heterocycles. The van der Waals surface area contributed by atoms with E-state index in [9.17, 15) is 0 Å². The van der Waals surface area contributed by atoms with Crippen LogP contribution in [0.2, 0.25) is 0 Å². The van der Waals surface area contributed by atoms with Gasteiger partial charge in [-0.2, -0.15) is 17.5 Å². The summed E-state index contributed by atoms with van der Waals surface area (Å²) in [5, 5.41) is 8.11. The number of hydrogen-bond donors (Lipinski definition) is 0. The Bertz CT molecular complexity index is 2220. The molecule has 0 nitrogen and oxygen atoms in total. The molecule has 0 fully saturated rings. The molecule has 0 bridgehead atoms. The van der Waals surface area contributed by atoms with E-state index in [1.54, 1.807) is 0 Å². The van der Waals surface area contributed by atoms with Crippen LogP contribution in [0, 0.1) is 0 Å². The van der Waals surface area contributed by atoms with Crippen LogP contribution in [0.15, 0.2) is 170 Å². The van der Waals surface area contributed by atoms with Crippen molar-refractivity contribution in [1.82, 2.24) is 0 Å². The first kappa shape index (κ1) is 40.9. The van der Waals surface area contributed by atoms with Gasteiger partial charge in [-0.3, -0.25) is 0 Å². The molecule has 52 heavy (non-hydrogen) atoms. The van der Waals surface area contributed by atoms with Gasteiger partial charge in [-0.25, -0.2) is 0 Å². The van der Waals surface area contributed by atoms with E-state index < -0.39 is 0 Å². The van der Waals surface area contributed by atoms with Gasteiger partial charge in [0, 0.05) is 0 Å².